The fourth-order valence-electron chi connectivity index (χ4n) is 4.02. The van der Waals surface area contributed by atoms with E-state index in [0.717, 1.165) is 5.56 Å². The lowest BCUT2D eigenvalue weighted by molar-refractivity contribution is -0.111. The zero-order chi connectivity index (χ0) is 28.2. The maximum atomic E-state index is 12.3. The average Bonchev–Trinajstić information content (AvgIpc) is 3.27. The van der Waals surface area contributed by atoms with Crippen molar-refractivity contribution in [2.45, 2.75) is 13.2 Å². The summed E-state index contributed by atoms with van der Waals surface area (Å²) < 4.78 is 17.9. The van der Waals surface area contributed by atoms with Crippen molar-refractivity contribution in [3.8, 4) is 28.3 Å². The number of rotatable bonds is 9. The number of aromatic nitrogens is 3. The van der Waals surface area contributed by atoms with E-state index in [9.17, 15) is 24.4 Å². The van der Waals surface area contributed by atoms with Crippen LogP contribution in [-0.4, -0.2) is 55.8 Å². The topological polar surface area (TPSA) is 154 Å². The number of pyridine rings is 2. The maximum Gasteiger partial charge on any atom is 0.471 e. The Hall–Kier alpha value is -4.17. The van der Waals surface area contributed by atoms with E-state index in [1.165, 1.54) is 17.6 Å². The Morgan fingerprint density at radius 3 is 2.69 bits per heavy atom. The number of likely N-dealkylation sites (N-methyl/N-ethyl adjacent to an activating group) is 1. The highest BCUT2D eigenvalue weighted by atomic mass is 31.2. The first-order valence-corrected chi connectivity index (χ1v) is 13.4. The lowest BCUT2D eigenvalue weighted by Gasteiger charge is -2.16. The van der Waals surface area contributed by atoms with E-state index in [2.05, 4.69) is 21.4 Å². The van der Waals surface area contributed by atoms with Crippen molar-refractivity contribution in [2.75, 3.05) is 26.0 Å². The van der Waals surface area contributed by atoms with Crippen LogP contribution in [0.1, 0.15) is 18.7 Å². The SMILES string of the molecule is CC(OP(=O)(O)O)n1cc(-c2cccc(C#N)c2)c2cc(-c3cncc(NC(=O)C=CCN(C)C)c3)cnc21. The van der Waals surface area contributed by atoms with Gasteiger partial charge >= 0.3 is 7.82 Å². The monoisotopic (exact) mass is 546 g/mol. The van der Waals surface area contributed by atoms with Gasteiger partial charge < -0.3 is 24.6 Å². The van der Waals surface area contributed by atoms with Crippen molar-refractivity contribution in [1.29, 1.82) is 5.26 Å². The summed E-state index contributed by atoms with van der Waals surface area (Å²) in [5.41, 5.74) is 4.22. The largest absolute Gasteiger partial charge is 0.471 e. The van der Waals surface area contributed by atoms with Crippen molar-refractivity contribution in [3.63, 3.8) is 0 Å². The Morgan fingerprint density at radius 2 is 1.97 bits per heavy atom. The summed E-state index contributed by atoms with van der Waals surface area (Å²) in [4.78, 5) is 41.7. The van der Waals surface area contributed by atoms with Gasteiger partial charge in [0, 0.05) is 53.3 Å². The van der Waals surface area contributed by atoms with E-state index in [-0.39, 0.29) is 5.91 Å². The number of phosphoric ester groups is 1. The summed E-state index contributed by atoms with van der Waals surface area (Å²) in [6.45, 7) is 2.14. The molecule has 0 saturated carbocycles. The van der Waals surface area contributed by atoms with Gasteiger partial charge in [-0.2, -0.15) is 5.26 Å². The van der Waals surface area contributed by atoms with Crippen LogP contribution in [0.4, 0.5) is 5.69 Å². The van der Waals surface area contributed by atoms with Crippen LogP contribution in [0.3, 0.4) is 0 Å². The minimum Gasteiger partial charge on any atom is -0.321 e. The lowest BCUT2D eigenvalue weighted by atomic mass is 10.0. The molecule has 0 aliphatic carbocycles. The number of benzene rings is 1. The molecule has 0 spiro atoms. The first kappa shape index (κ1) is 27.9. The van der Waals surface area contributed by atoms with Gasteiger partial charge in [0.2, 0.25) is 5.91 Å². The molecule has 0 aliphatic heterocycles. The number of hydrogen-bond donors (Lipinski definition) is 3. The van der Waals surface area contributed by atoms with Gasteiger partial charge in [-0.1, -0.05) is 18.2 Å². The van der Waals surface area contributed by atoms with Gasteiger partial charge in [-0.05, 0) is 50.8 Å². The highest BCUT2D eigenvalue weighted by Crippen LogP contribution is 2.42. The average molecular weight is 547 g/mol. The van der Waals surface area contributed by atoms with Crippen molar-refractivity contribution in [2.24, 2.45) is 0 Å². The van der Waals surface area contributed by atoms with Crippen LogP contribution < -0.4 is 5.32 Å². The molecule has 4 aromatic rings. The molecule has 1 amide bonds. The number of nitriles is 1. The van der Waals surface area contributed by atoms with Crippen molar-refractivity contribution < 1.29 is 23.7 Å². The minimum absolute atomic E-state index is 0.278. The van der Waals surface area contributed by atoms with Crippen molar-refractivity contribution in [3.05, 3.63) is 78.9 Å². The Kier molecular flexibility index (Phi) is 8.35. The summed E-state index contributed by atoms with van der Waals surface area (Å²) in [7, 11) is -0.952. The fourth-order valence-corrected chi connectivity index (χ4v) is 4.52. The van der Waals surface area contributed by atoms with E-state index in [0.29, 0.717) is 45.5 Å². The second kappa shape index (κ2) is 11.7. The summed E-state index contributed by atoms with van der Waals surface area (Å²) >= 11 is 0. The molecule has 0 fully saturated rings. The van der Waals surface area contributed by atoms with Crippen LogP contribution in [0.15, 0.2) is 73.3 Å². The van der Waals surface area contributed by atoms with E-state index < -0.39 is 14.1 Å². The smallest absolute Gasteiger partial charge is 0.321 e. The first-order chi connectivity index (χ1) is 18.5. The quantitative estimate of drug-likeness (QED) is 0.206. The number of carbonyl (C=O) groups is 1. The molecule has 0 bridgehead atoms. The number of fused-ring (bicyclic) bond motifs is 1. The number of phosphoric acid groups is 1. The van der Waals surface area contributed by atoms with Crippen molar-refractivity contribution in [1.82, 2.24) is 19.4 Å². The van der Waals surface area contributed by atoms with Crippen LogP contribution in [0, 0.1) is 11.3 Å². The molecule has 1 unspecified atom stereocenters. The molecule has 0 saturated heterocycles. The van der Waals surface area contributed by atoms with Gasteiger partial charge in [-0.25, -0.2) is 9.55 Å². The Morgan fingerprint density at radius 1 is 1.21 bits per heavy atom. The molecule has 39 heavy (non-hydrogen) atoms. The Balaban J connectivity index is 1.76. The summed E-state index contributed by atoms with van der Waals surface area (Å²) in [5, 5.41) is 12.9. The minimum atomic E-state index is -4.77. The molecule has 0 aliphatic rings. The molecule has 12 heteroatoms. The molecular formula is C27H27N6O5P. The number of carbonyl (C=O) groups excluding carboxylic acids is 1. The van der Waals surface area contributed by atoms with E-state index >= 15 is 0 Å². The lowest BCUT2D eigenvalue weighted by Crippen LogP contribution is -2.13. The van der Waals surface area contributed by atoms with Gasteiger partial charge in [0.05, 0.1) is 23.5 Å². The van der Waals surface area contributed by atoms with Gasteiger partial charge in [0.1, 0.15) is 11.9 Å². The number of hydrogen-bond acceptors (Lipinski definition) is 7. The standard InChI is InChI=1S/C27H27N6O5P/c1-18(38-39(35,36)37)33-17-25(20-7-4-6-19(10-20)13-28)24-12-22(15-30-27(24)33)21-11-23(16-29-14-21)31-26(34)8-5-9-32(2)3/h4-8,10-12,14-18H,9H2,1-3H3,(H,31,34)(H2,35,36,37). The normalized spacial score (nSPS) is 12.6. The predicted octanol–water partition coefficient (Wildman–Crippen LogP) is 4.32. The molecule has 4 rings (SSSR count). The molecule has 3 heterocycles. The summed E-state index contributed by atoms with van der Waals surface area (Å²) in [6, 6.07) is 12.8. The number of nitrogens with zero attached hydrogens (tertiary/aromatic N) is 5. The Labute approximate surface area is 225 Å². The van der Waals surface area contributed by atoms with Gasteiger partial charge in [0.25, 0.3) is 0 Å². The first-order valence-electron chi connectivity index (χ1n) is 11.9. The maximum absolute atomic E-state index is 12.3. The zero-order valence-electron chi connectivity index (χ0n) is 21.5. The third kappa shape index (κ3) is 7.03. The second-order valence-corrected chi connectivity index (χ2v) is 10.2. The van der Waals surface area contributed by atoms with Gasteiger partial charge in [-0.15, -0.1) is 0 Å². The molecule has 200 valence electrons. The fraction of sp³-hybridized carbons (Fsp3) is 0.185. The predicted molar refractivity (Wildman–Crippen MR) is 147 cm³/mol. The molecule has 3 N–H and O–H groups in total. The highest BCUT2D eigenvalue weighted by molar-refractivity contribution is 7.46. The third-order valence-corrected chi connectivity index (χ3v) is 6.31. The zero-order valence-corrected chi connectivity index (χ0v) is 22.4. The summed E-state index contributed by atoms with van der Waals surface area (Å²) in [6.07, 6.45) is 8.68. The molecule has 3 aromatic heterocycles. The molecule has 11 nitrogen and oxygen atoms in total. The van der Waals surface area contributed by atoms with Crippen LogP contribution in [0.25, 0.3) is 33.3 Å². The second-order valence-electron chi connectivity index (χ2n) is 9.05. The van der Waals surface area contributed by atoms with E-state index in [1.807, 2.05) is 31.1 Å². The Bertz CT molecular complexity index is 1640. The van der Waals surface area contributed by atoms with Gasteiger partial charge in [-0.3, -0.25) is 14.3 Å². The van der Waals surface area contributed by atoms with Crippen LogP contribution in [0.5, 0.6) is 0 Å². The van der Waals surface area contributed by atoms with Crippen molar-refractivity contribution >= 4 is 30.5 Å². The highest BCUT2D eigenvalue weighted by Gasteiger charge is 2.23. The van der Waals surface area contributed by atoms with Gasteiger partial charge in [0.15, 0.2) is 0 Å². The molecule has 1 aromatic carbocycles. The number of anilines is 1. The third-order valence-electron chi connectivity index (χ3n) is 5.73. The molecule has 0 radical (unpaired) electrons. The molecular weight excluding hydrogens is 519 g/mol. The number of nitrogens with one attached hydrogen (secondary N) is 1. The summed E-state index contributed by atoms with van der Waals surface area (Å²) in [5.74, 6) is -0.278. The number of amides is 1. The van der Waals surface area contributed by atoms with E-state index in [1.54, 1.807) is 55.1 Å². The van der Waals surface area contributed by atoms with E-state index in [4.69, 9.17) is 4.52 Å². The molecule has 1 atom stereocenters. The van der Waals surface area contributed by atoms with Crippen LogP contribution in [0.2, 0.25) is 0 Å². The van der Waals surface area contributed by atoms with Crippen LogP contribution in [-0.2, 0) is 13.9 Å². The van der Waals surface area contributed by atoms with Crippen LogP contribution >= 0.6 is 7.82 Å².